The molecular formula is C12H9ClF2N2. The predicted octanol–water partition coefficient (Wildman–Crippen LogP) is 3.06. The summed E-state index contributed by atoms with van der Waals surface area (Å²) in [5, 5.41) is 0.280. The molecule has 0 aliphatic carbocycles. The average Bonchev–Trinajstić information content (AvgIpc) is 2.29. The zero-order valence-corrected chi connectivity index (χ0v) is 9.46. The van der Waals surface area contributed by atoms with Gasteiger partial charge in [-0.1, -0.05) is 17.7 Å². The molecule has 0 spiro atoms. The lowest BCUT2D eigenvalue weighted by Gasteiger charge is -2.15. The summed E-state index contributed by atoms with van der Waals surface area (Å²) in [6.07, 6.45) is 2.86. The molecule has 0 saturated heterocycles. The largest absolute Gasteiger partial charge is 0.320 e. The SMILES string of the molecule is NC(c1ccncc1Cl)c1c(F)cccc1F. The van der Waals surface area contributed by atoms with Crippen LogP contribution in [0.1, 0.15) is 17.2 Å². The molecule has 0 amide bonds. The average molecular weight is 255 g/mol. The van der Waals surface area contributed by atoms with Crippen molar-refractivity contribution < 1.29 is 8.78 Å². The van der Waals surface area contributed by atoms with Crippen LogP contribution in [0.25, 0.3) is 0 Å². The normalized spacial score (nSPS) is 12.5. The van der Waals surface area contributed by atoms with Crippen LogP contribution in [0.3, 0.4) is 0 Å². The van der Waals surface area contributed by atoms with E-state index in [1.807, 2.05) is 0 Å². The van der Waals surface area contributed by atoms with Crippen LogP contribution in [0.2, 0.25) is 5.02 Å². The first-order valence-corrected chi connectivity index (χ1v) is 5.28. The zero-order valence-electron chi connectivity index (χ0n) is 8.70. The van der Waals surface area contributed by atoms with Crippen molar-refractivity contribution in [2.24, 2.45) is 5.73 Å². The van der Waals surface area contributed by atoms with Gasteiger partial charge in [-0.15, -0.1) is 0 Å². The smallest absolute Gasteiger partial charge is 0.131 e. The monoisotopic (exact) mass is 254 g/mol. The Morgan fingerprint density at radius 2 is 1.82 bits per heavy atom. The minimum atomic E-state index is -0.952. The van der Waals surface area contributed by atoms with Crippen molar-refractivity contribution in [3.05, 3.63) is 64.4 Å². The second kappa shape index (κ2) is 4.77. The highest BCUT2D eigenvalue weighted by Crippen LogP contribution is 2.28. The molecule has 0 saturated carbocycles. The van der Waals surface area contributed by atoms with Gasteiger partial charge in [0.25, 0.3) is 0 Å². The second-order valence-electron chi connectivity index (χ2n) is 3.51. The lowest BCUT2D eigenvalue weighted by atomic mass is 9.99. The number of nitrogens with two attached hydrogens (primary N) is 1. The summed E-state index contributed by atoms with van der Waals surface area (Å²) >= 11 is 5.89. The fraction of sp³-hybridized carbons (Fsp3) is 0.0833. The van der Waals surface area contributed by atoms with E-state index in [1.165, 1.54) is 18.5 Å². The van der Waals surface area contributed by atoms with E-state index in [0.29, 0.717) is 5.56 Å². The van der Waals surface area contributed by atoms with Gasteiger partial charge in [0.15, 0.2) is 0 Å². The fourth-order valence-corrected chi connectivity index (χ4v) is 1.84. The van der Waals surface area contributed by atoms with E-state index in [-0.39, 0.29) is 10.6 Å². The van der Waals surface area contributed by atoms with Crippen molar-refractivity contribution in [1.82, 2.24) is 4.98 Å². The third-order valence-electron chi connectivity index (χ3n) is 2.45. The molecule has 2 aromatic rings. The minimum Gasteiger partial charge on any atom is -0.320 e. The molecule has 17 heavy (non-hydrogen) atoms. The number of hydrogen-bond acceptors (Lipinski definition) is 2. The van der Waals surface area contributed by atoms with Crippen molar-refractivity contribution in [3.63, 3.8) is 0 Å². The van der Waals surface area contributed by atoms with Gasteiger partial charge in [-0.3, -0.25) is 4.98 Å². The van der Waals surface area contributed by atoms with Crippen LogP contribution in [0.4, 0.5) is 8.78 Å². The van der Waals surface area contributed by atoms with Crippen LogP contribution in [-0.2, 0) is 0 Å². The first-order valence-electron chi connectivity index (χ1n) is 4.90. The molecule has 2 nitrogen and oxygen atoms in total. The molecule has 1 unspecified atom stereocenters. The summed E-state index contributed by atoms with van der Waals surface area (Å²) in [6, 6.07) is 4.20. The second-order valence-corrected chi connectivity index (χ2v) is 3.92. The minimum absolute atomic E-state index is 0.194. The molecule has 88 valence electrons. The Hall–Kier alpha value is -1.52. The van der Waals surface area contributed by atoms with Gasteiger partial charge in [-0.2, -0.15) is 0 Å². The van der Waals surface area contributed by atoms with Gasteiger partial charge in [-0.05, 0) is 23.8 Å². The highest BCUT2D eigenvalue weighted by molar-refractivity contribution is 6.31. The molecule has 1 aromatic heterocycles. The number of halogens is 3. The number of nitrogens with zero attached hydrogens (tertiary/aromatic N) is 1. The van der Waals surface area contributed by atoms with E-state index in [4.69, 9.17) is 17.3 Å². The maximum Gasteiger partial charge on any atom is 0.131 e. The lowest BCUT2D eigenvalue weighted by molar-refractivity contribution is 0.543. The maximum absolute atomic E-state index is 13.5. The van der Waals surface area contributed by atoms with E-state index < -0.39 is 17.7 Å². The van der Waals surface area contributed by atoms with E-state index in [9.17, 15) is 8.78 Å². The molecule has 1 heterocycles. The summed E-state index contributed by atoms with van der Waals surface area (Å²) in [6.45, 7) is 0. The van der Waals surface area contributed by atoms with Gasteiger partial charge in [0.2, 0.25) is 0 Å². The van der Waals surface area contributed by atoms with Gasteiger partial charge in [0.1, 0.15) is 11.6 Å². The zero-order chi connectivity index (χ0) is 12.4. The molecule has 0 radical (unpaired) electrons. The first kappa shape index (κ1) is 12.0. The molecule has 0 fully saturated rings. The summed E-state index contributed by atoms with van der Waals surface area (Å²) in [5.74, 6) is -1.38. The van der Waals surface area contributed by atoms with E-state index in [1.54, 1.807) is 6.07 Å². The van der Waals surface area contributed by atoms with Crippen LogP contribution >= 0.6 is 11.6 Å². The summed E-state index contributed by atoms with van der Waals surface area (Å²) in [5.41, 5.74) is 6.07. The Balaban J connectivity index is 2.51. The number of pyridine rings is 1. The van der Waals surface area contributed by atoms with Gasteiger partial charge in [0.05, 0.1) is 11.1 Å². The molecule has 5 heteroatoms. The van der Waals surface area contributed by atoms with Crippen LogP contribution < -0.4 is 5.73 Å². The molecule has 0 aliphatic heterocycles. The molecule has 1 atom stereocenters. The molecular weight excluding hydrogens is 246 g/mol. The summed E-state index contributed by atoms with van der Waals surface area (Å²) in [7, 11) is 0. The van der Waals surface area contributed by atoms with Gasteiger partial charge in [-0.25, -0.2) is 8.78 Å². The van der Waals surface area contributed by atoms with E-state index >= 15 is 0 Å². The van der Waals surface area contributed by atoms with Crippen LogP contribution in [0.15, 0.2) is 36.7 Å². The van der Waals surface area contributed by atoms with Crippen molar-refractivity contribution in [2.75, 3.05) is 0 Å². The Kier molecular flexibility index (Phi) is 3.36. The summed E-state index contributed by atoms with van der Waals surface area (Å²) in [4.78, 5) is 3.79. The third kappa shape index (κ3) is 2.28. The van der Waals surface area contributed by atoms with Crippen LogP contribution in [0.5, 0.6) is 0 Å². The first-order chi connectivity index (χ1) is 8.11. The standard InChI is InChI=1S/C12H9ClF2N2/c13-8-6-17-5-4-7(8)12(16)11-9(14)2-1-3-10(11)15/h1-6,12H,16H2. The van der Waals surface area contributed by atoms with E-state index in [0.717, 1.165) is 12.1 Å². The van der Waals surface area contributed by atoms with Crippen molar-refractivity contribution >= 4 is 11.6 Å². The van der Waals surface area contributed by atoms with Crippen molar-refractivity contribution in [1.29, 1.82) is 0 Å². The molecule has 0 bridgehead atoms. The molecule has 0 aliphatic rings. The quantitative estimate of drug-likeness (QED) is 0.895. The van der Waals surface area contributed by atoms with Gasteiger partial charge < -0.3 is 5.73 Å². The topological polar surface area (TPSA) is 38.9 Å². The number of aromatic nitrogens is 1. The predicted molar refractivity (Wildman–Crippen MR) is 61.6 cm³/mol. The van der Waals surface area contributed by atoms with Gasteiger partial charge >= 0.3 is 0 Å². The van der Waals surface area contributed by atoms with Crippen LogP contribution in [0, 0.1) is 11.6 Å². The lowest BCUT2D eigenvalue weighted by Crippen LogP contribution is -2.16. The highest BCUT2D eigenvalue weighted by atomic mass is 35.5. The fourth-order valence-electron chi connectivity index (χ4n) is 1.60. The number of benzene rings is 1. The Bertz CT molecular complexity index is 526. The molecule has 2 N–H and O–H groups in total. The van der Waals surface area contributed by atoms with Crippen molar-refractivity contribution in [2.45, 2.75) is 6.04 Å². The number of hydrogen-bond donors (Lipinski definition) is 1. The molecule has 2 rings (SSSR count). The Morgan fingerprint density at radius 3 is 2.41 bits per heavy atom. The van der Waals surface area contributed by atoms with Crippen LogP contribution in [-0.4, -0.2) is 4.98 Å². The third-order valence-corrected chi connectivity index (χ3v) is 2.77. The van der Waals surface area contributed by atoms with Crippen molar-refractivity contribution in [3.8, 4) is 0 Å². The Morgan fingerprint density at radius 1 is 1.18 bits per heavy atom. The van der Waals surface area contributed by atoms with E-state index in [2.05, 4.69) is 4.98 Å². The number of rotatable bonds is 2. The maximum atomic E-state index is 13.5. The Labute approximate surface area is 102 Å². The van der Waals surface area contributed by atoms with Gasteiger partial charge in [0, 0.05) is 18.0 Å². The highest BCUT2D eigenvalue weighted by Gasteiger charge is 2.19. The summed E-state index contributed by atoms with van der Waals surface area (Å²) < 4.78 is 27.1. The molecule has 1 aromatic carbocycles.